The van der Waals surface area contributed by atoms with Crippen molar-refractivity contribution >= 4 is 11.7 Å². The third-order valence-electron chi connectivity index (χ3n) is 2.90. The molecule has 3 N–H and O–H groups in total. The molecule has 16 heavy (non-hydrogen) atoms. The first-order valence-electron chi connectivity index (χ1n) is 5.25. The Kier molecular flexibility index (Phi) is 4.32. The predicted octanol–water partition coefficient (Wildman–Crippen LogP) is -2.98. The highest BCUT2D eigenvalue weighted by Crippen LogP contribution is 2.09. The van der Waals surface area contributed by atoms with E-state index in [2.05, 4.69) is 5.32 Å². The van der Waals surface area contributed by atoms with Crippen molar-refractivity contribution in [3.05, 3.63) is 12.4 Å². The number of rotatable bonds is 3. The summed E-state index contributed by atoms with van der Waals surface area (Å²) in [6.07, 6.45) is 5.73. The van der Waals surface area contributed by atoms with E-state index >= 15 is 0 Å². The number of halogens is 1. The van der Waals surface area contributed by atoms with E-state index in [1.807, 2.05) is 19.4 Å². The molecule has 5 nitrogen and oxygen atoms in total. The van der Waals surface area contributed by atoms with Crippen LogP contribution < -0.4 is 23.5 Å². The summed E-state index contributed by atoms with van der Waals surface area (Å²) in [5.41, 5.74) is 5.80. The summed E-state index contributed by atoms with van der Waals surface area (Å²) in [6.45, 7) is 1.32. The molecule has 0 radical (unpaired) electrons. The number of Topliss-reactive ketones (excluding diaryl/α,β-unsaturated/α-hetero) is 1. The molecule has 1 aromatic rings. The predicted molar refractivity (Wildman–Crippen MR) is 58.3 cm³/mol. The van der Waals surface area contributed by atoms with Crippen molar-refractivity contribution in [2.24, 2.45) is 7.05 Å². The lowest BCUT2D eigenvalue weighted by molar-refractivity contribution is -0.121. The van der Waals surface area contributed by atoms with E-state index in [1.54, 1.807) is 9.13 Å². The Morgan fingerprint density at radius 3 is 2.88 bits per heavy atom. The Hall–Kier alpha value is -1.07. The summed E-state index contributed by atoms with van der Waals surface area (Å²) >= 11 is 0. The highest BCUT2D eigenvalue weighted by molar-refractivity contribution is 5.84. The minimum atomic E-state index is 0. The minimum absolute atomic E-state index is 0. The number of nitrogens with one attached hydrogen (secondary N) is 1. The van der Waals surface area contributed by atoms with E-state index in [4.69, 9.17) is 5.73 Å². The molecule has 0 bridgehead atoms. The zero-order valence-electron chi connectivity index (χ0n) is 9.32. The average Bonchev–Trinajstić information content (AvgIpc) is 2.83. The standard InChI is InChI=1S/C10H17N4O.ClH/c1-13-5-6-14(10(13)11)7-9(15)8-3-2-4-12-8;/h5-6,8,12H,2-4,7,11H2,1H3;1H/q+1;/p-1. The molecule has 0 saturated carbocycles. The van der Waals surface area contributed by atoms with Gasteiger partial charge in [0.05, 0.1) is 6.04 Å². The Morgan fingerprint density at radius 2 is 2.38 bits per heavy atom. The molecule has 0 spiro atoms. The summed E-state index contributed by atoms with van der Waals surface area (Å²) in [5.74, 6) is 0.830. The van der Waals surface area contributed by atoms with E-state index in [9.17, 15) is 4.79 Å². The molecular weight excluding hydrogens is 228 g/mol. The molecular formula is C10H17ClN4O. The Morgan fingerprint density at radius 1 is 1.62 bits per heavy atom. The number of hydrogen-bond acceptors (Lipinski definition) is 3. The normalized spacial score (nSPS) is 19.4. The number of imidazole rings is 1. The Balaban J connectivity index is 0.00000128. The summed E-state index contributed by atoms with van der Waals surface area (Å²) < 4.78 is 3.58. The average molecular weight is 245 g/mol. The fourth-order valence-corrected chi connectivity index (χ4v) is 1.91. The lowest BCUT2D eigenvalue weighted by Crippen LogP contribution is -3.00. The summed E-state index contributed by atoms with van der Waals surface area (Å²) in [5, 5.41) is 3.19. The first kappa shape index (κ1) is 13.0. The molecule has 0 aliphatic carbocycles. The van der Waals surface area contributed by atoms with Gasteiger partial charge in [0.2, 0.25) is 0 Å². The molecule has 2 heterocycles. The van der Waals surface area contributed by atoms with Crippen molar-refractivity contribution in [1.29, 1.82) is 0 Å². The van der Waals surface area contributed by atoms with E-state index in [-0.39, 0.29) is 24.2 Å². The van der Waals surface area contributed by atoms with Crippen LogP contribution in [0.15, 0.2) is 12.4 Å². The zero-order chi connectivity index (χ0) is 10.8. The molecule has 90 valence electrons. The SMILES string of the molecule is Cn1ccn(CC(=O)C2CCCN2)[c+]1N.[Cl-]. The van der Waals surface area contributed by atoms with Gasteiger partial charge in [0.25, 0.3) is 5.95 Å². The fraction of sp³-hybridized carbons (Fsp3) is 0.600. The van der Waals surface area contributed by atoms with Crippen molar-refractivity contribution in [3.8, 4) is 0 Å². The molecule has 1 fully saturated rings. The van der Waals surface area contributed by atoms with Crippen molar-refractivity contribution < 1.29 is 17.2 Å². The molecule has 1 aromatic heterocycles. The lowest BCUT2D eigenvalue weighted by atomic mass is 10.1. The van der Waals surface area contributed by atoms with Crippen LogP contribution >= 0.6 is 0 Å². The number of nitrogen functional groups attached to an aromatic ring is 1. The Bertz CT molecular complexity index is 371. The molecule has 6 heteroatoms. The van der Waals surface area contributed by atoms with Crippen LogP contribution in [0.2, 0.25) is 0 Å². The van der Waals surface area contributed by atoms with Crippen molar-refractivity contribution in [1.82, 2.24) is 14.5 Å². The lowest BCUT2D eigenvalue weighted by Gasteiger charge is -2.07. The number of carbonyl (C=O) groups excluding carboxylic acids is 1. The number of hydrogen-bond donors (Lipinski definition) is 2. The smallest absolute Gasteiger partial charge is 0.284 e. The van der Waals surface area contributed by atoms with Gasteiger partial charge in [-0.25, -0.2) is 4.57 Å². The molecule has 1 aliphatic rings. The summed E-state index contributed by atoms with van der Waals surface area (Å²) in [6, 6.07) is 0.0251. The first-order chi connectivity index (χ1) is 7.18. The van der Waals surface area contributed by atoms with Crippen molar-refractivity contribution in [2.75, 3.05) is 12.3 Å². The summed E-state index contributed by atoms with van der Waals surface area (Å²) in [4.78, 5) is 11.8. The zero-order valence-corrected chi connectivity index (χ0v) is 10.1. The second-order valence-electron chi connectivity index (χ2n) is 4.01. The second-order valence-corrected chi connectivity index (χ2v) is 4.01. The second kappa shape index (κ2) is 5.32. The largest absolute Gasteiger partial charge is 1.00 e. The van der Waals surface area contributed by atoms with Gasteiger partial charge >= 0.3 is 0 Å². The Labute approximate surface area is 101 Å². The van der Waals surface area contributed by atoms with Crippen molar-refractivity contribution in [3.63, 3.8) is 0 Å². The van der Waals surface area contributed by atoms with Crippen LogP contribution in [0, 0.1) is 0 Å². The van der Waals surface area contributed by atoms with Crippen molar-refractivity contribution in [2.45, 2.75) is 25.4 Å². The van der Waals surface area contributed by atoms with Crippen LogP contribution in [0.1, 0.15) is 12.8 Å². The highest BCUT2D eigenvalue weighted by atomic mass is 35.5. The van der Waals surface area contributed by atoms with Crippen LogP contribution in [0.4, 0.5) is 5.95 Å². The number of carbonyl (C=O) groups is 1. The molecule has 1 saturated heterocycles. The molecule has 0 aromatic carbocycles. The van der Waals surface area contributed by atoms with Crippen LogP contribution in [0.5, 0.6) is 0 Å². The minimum Gasteiger partial charge on any atom is -1.00 e. The van der Waals surface area contributed by atoms with Gasteiger partial charge < -0.3 is 23.5 Å². The molecule has 1 atom stereocenters. The van der Waals surface area contributed by atoms with E-state index in [0.717, 1.165) is 19.4 Å². The van der Waals surface area contributed by atoms with Gasteiger partial charge in [0.15, 0.2) is 18.2 Å². The fourth-order valence-electron chi connectivity index (χ4n) is 1.91. The van der Waals surface area contributed by atoms with Crippen LogP contribution in [0.25, 0.3) is 0 Å². The number of nitrogens with two attached hydrogens (primary N) is 1. The monoisotopic (exact) mass is 244 g/mol. The van der Waals surface area contributed by atoms with E-state index < -0.39 is 0 Å². The van der Waals surface area contributed by atoms with Crippen LogP contribution in [-0.4, -0.2) is 27.5 Å². The van der Waals surface area contributed by atoms with Crippen LogP contribution in [0.3, 0.4) is 0 Å². The first-order valence-corrected chi connectivity index (χ1v) is 5.25. The van der Waals surface area contributed by atoms with Gasteiger partial charge in [-0.15, -0.1) is 0 Å². The van der Waals surface area contributed by atoms with E-state index in [0.29, 0.717) is 12.5 Å². The van der Waals surface area contributed by atoms with Gasteiger partial charge in [-0.1, -0.05) is 0 Å². The van der Waals surface area contributed by atoms with Gasteiger partial charge in [-0.05, 0) is 19.4 Å². The number of anilines is 1. The molecule has 0 amide bonds. The maximum atomic E-state index is 11.8. The number of nitrogens with zero attached hydrogens (tertiary/aromatic N) is 2. The van der Waals surface area contributed by atoms with Gasteiger partial charge in [-0.3, -0.25) is 4.79 Å². The van der Waals surface area contributed by atoms with Gasteiger partial charge in [0.1, 0.15) is 6.54 Å². The third-order valence-corrected chi connectivity index (χ3v) is 2.90. The van der Waals surface area contributed by atoms with Gasteiger partial charge in [0, 0.05) is 7.05 Å². The quantitative estimate of drug-likeness (QED) is 0.558. The number of aromatic nitrogens is 2. The number of aryl methyl sites for hydroxylation is 1. The molecule has 1 unspecified atom stereocenters. The molecule has 1 aliphatic heterocycles. The maximum Gasteiger partial charge on any atom is 0.284 e. The van der Waals surface area contributed by atoms with Crippen LogP contribution in [-0.2, 0) is 18.4 Å². The third kappa shape index (κ3) is 2.54. The van der Waals surface area contributed by atoms with Gasteiger partial charge in [-0.2, -0.15) is 4.57 Å². The topological polar surface area (TPSA) is 65.0 Å². The summed E-state index contributed by atoms with van der Waals surface area (Å²) in [7, 11) is 1.87. The molecule has 2 rings (SSSR count). The number of ketones is 1. The maximum absolute atomic E-state index is 11.8. The van der Waals surface area contributed by atoms with E-state index in [1.165, 1.54) is 0 Å². The highest BCUT2D eigenvalue weighted by Gasteiger charge is 2.23.